The maximum atomic E-state index is 11.7. The highest BCUT2D eigenvalue weighted by molar-refractivity contribution is 5.85. The summed E-state index contributed by atoms with van der Waals surface area (Å²) in [5.74, 6) is -1.12. The number of hydrogen-bond acceptors (Lipinski definition) is 4. The molecule has 1 atom stereocenters. The first kappa shape index (κ1) is 14.5. The van der Waals surface area contributed by atoms with Gasteiger partial charge in [-0.25, -0.2) is 4.79 Å². The number of nitrogens with zero attached hydrogens (tertiary/aromatic N) is 1. The topological polar surface area (TPSA) is 92.5 Å². The van der Waals surface area contributed by atoms with Gasteiger partial charge < -0.3 is 10.4 Å². The number of benzene rings is 2. The fraction of sp³-hybridized carbons (Fsp3) is 0.133. The molecule has 0 fully saturated rings. The van der Waals surface area contributed by atoms with Crippen LogP contribution in [0.2, 0.25) is 0 Å². The lowest BCUT2D eigenvalue weighted by atomic mass is 9.91. The number of carbonyl (C=O) groups is 1. The Hall–Kier alpha value is -2.89. The van der Waals surface area contributed by atoms with E-state index in [0.29, 0.717) is 5.56 Å². The Morgan fingerprint density at radius 2 is 1.71 bits per heavy atom. The smallest absolute Gasteiger partial charge is 0.333 e. The van der Waals surface area contributed by atoms with Crippen molar-refractivity contribution < 1.29 is 14.8 Å². The van der Waals surface area contributed by atoms with Gasteiger partial charge in [0.25, 0.3) is 5.69 Å². The molecule has 2 aromatic carbocycles. The fourth-order valence-corrected chi connectivity index (χ4v) is 2.03. The van der Waals surface area contributed by atoms with Gasteiger partial charge >= 0.3 is 5.97 Å². The third-order valence-electron chi connectivity index (χ3n) is 3.26. The van der Waals surface area contributed by atoms with Crippen LogP contribution in [0.4, 0.5) is 11.4 Å². The molecule has 0 aromatic heterocycles. The predicted octanol–water partition coefficient (Wildman–Crippen LogP) is 3.01. The number of nitro groups is 1. The maximum absolute atomic E-state index is 11.7. The second-order valence-electron chi connectivity index (χ2n) is 4.70. The number of nitro benzene ring substituents is 1. The summed E-state index contributed by atoms with van der Waals surface area (Å²) < 4.78 is 0. The van der Waals surface area contributed by atoms with Gasteiger partial charge in [0.1, 0.15) is 5.69 Å². The van der Waals surface area contributed by atoms with E-state index in [4.69, 9.17) is 0 Å². The van der Waals surface area contributed by atoms with Crippen molar-refractivity contribution in [2.75, 3.05) is 5.32 Å². The fourth-order valence-electron chi connectivity index (χ4n) is 2.03. The number of rotatable bonds is 5. The van der Waals surface area contributed by atoms with Gasteiger partial charge in [-0.1, -0.05) is 42.5 Å². The summed E-state index contributed by atoms with van der Waals surface area (Å²) in [5.41, 5.74) is -0.958. The van der Waals surface area contributed by atoms with Gasteiger partial charge in [0.05, 0.1) is 4.92 Å². The molecule has 6 heteroatoms. The standard InChI is InChI=1S/C15H14N2O4/c1-15(14(18)19,11-7-3-2-4-8-11)16-12-9-5-6-10-13(12)17(20)21/h2-10,16H,1H3,(H,18,19). The van der Waals surface area contributed by atoms with Crippen LogP contribution in [0, 0.1) is 10.1 Å². The van der Waals surface area contributed by atoms with Crippen molar-refractivity contribution in [3.63, 3.8) is 0 Å². The summed E-state index contributed by atoms with van der Waals surface area (Å²) in [5, 5.41) is 23.4. The molecule has 2 aromatic rings. The largest absolute Gasteiger partial charge is 0.479 e. The SMILES string of the molecule is CC(Nc1ccccc1[N+](=O)[O-])(C(=O)O)c1ccccc1. The van der Waals surface area contributed by atoms with Gasteiger partial charge in [-0.05, 0) is 18.6 Å². The molecule has 2 N–H and O–H groups in total. The summed E-state index contributed by atoms with van der Waals surface area (Å²) in [6, 6.07) is 14.5. The van der Waals surface area contributed by atoms with Crippen molar-refractivity contribution in [1.29, 1.82) is 0 Å². The van der Waals surface area contributed by atoms with Gasteiger partial charge in [0.2, 0.25) is 0 Å². The highest BCUT2D eigenvalue weighted by Gasteiger charge is 2.36. The first-order valence-electron chi connectivity index (χ1n) is 6.25. The molecule has 0 aliphatic carbocycles. The van der Waals surface area contributed by atoms with Crippen molar-refractivity contribution in [3.8, 4) is 0 Å². The van der Waals surface area contributed by atoms with Gasteiger partial charge in [0.15, 0.2) is 5.54 Å². The molecule has 6 nitrogen and oxygen atoms in total. The number of para-hydroxylation sites is 2. The molecule has 0 bridgehead atoms. The van der Waals surface area contributed by atoms with E-state index in [0.717, 1.165) is 0 Å². The monoisotopic (exact) mass is 286 g/mol. The maximum Gasteiger partial charge on any atom is 0.333 e. The Morgan fingerprint density at radius 1 is 1.14 bits per heavy atom. The molecule has 0 radical (unpaired) electrons. The first-order valence-corrected chi connectivity index (χ1v) is 6.25. The zero-order valence-corrected chi connectivity index (χ0v) is 11.3. The zero-order valence-electron chi connectivity index (χ0n) is 11.3. The van der Waals surface area contributed by atoms with E-state index in [-0.39, 0.29) is 11.4 Å². The Kier molecular flexibility index (Phi) is 3.89. The normalized spacial score (nSPS) is 13.2. The Bertz CT molecular complexity index is 672. The molecule has 0 aliphatic rings. The summed E-state index contributed by atoms with van der Waals surface area (Å²) in [6.45, 7) is 1.47. The van der Waals surface area contributed by atoms with Crippen LogP contribution in [-0.2, 0) is 10.3 Å². The lowest BCUT2D eigenvalue weighted by Gasteiger charge is -2.27. The Balaban J connectivity index is 2.48. The van der Waals surface area contributed by atoms with Crippen LogP contribution in [0.25, 0.3) is 0 Å². The Morgan fingerprint density at radius 3 is 2.29 bits per heavy atom. The van der Waals surface area contributed by atoms with Crippen molar-refractivity contribution in [2.45, 2.75) is 12.5 Å². The second-order valence-corrected chi connectivity index (χ2v) is 4.70. The molecule has 108 valence electrons. The lowest BCUT2D eigenvalue weighted by molar-refractivity contribution is -0.384. The van der Waals surface area contributed by atoms with Crippen molar-refractivity contribution in [1.82, 2.24) is 0 Å². The molecule has 0 saturated carbocycles. The van der Waals surface area contributed by atoms with Gasteiger partial charge in [-0.2, -0.15) is 0 Å². The van der Waals surface area contributed by atoms with E-state index in [1.54, 1.807) is 36.4 Å². The van der Waals surface area contributed by atoms with Crippen molar-refractivity contribution >= 4 is 17.3 Å². The molecule has 0 aliphatic heterocycles. The highest BCUT2D eigenvalue weighted by atomic mass is 16.6. The van der Waals surface area contributed by atoms with Gasteiger partial charge in [-0.3, -0.25) is 10.1 Å². The third-order valence-corrected chi connectivity index (χ3v) is 3.26. The average molecular weight is 286 g/mol. The predicted molar refractivity (Wildman–Crippen MR) is 78.1 cm³/mol. The summed E-state index contributed by atoms with van der Waals surface area (Å²) in [7, 11) is 0. The molecule has 0 heterocycles. The highest BCUT2D eigenvalue weighted by Crippen LogP contribution is 2.31. The van der Waals surface area contributed by atoms with Crippen LogP contribution in [0.1, 0.15) is 12.5 Å². The minimum absolute atomic E-state index is 0.163. The molecule has 2 rings (SSSR count). The molecule has 0 amide bonds. The zero-order chi connectivity index (χ0) is 15.5. The van der Waals surface area contributed by atoms with E-state index >= 15 is 0 Å². The minimum Gasteiger partial charge on any atom is -0.479 e. The van der Waals surface area contributed by atoms with Crippen LogP contribution in [-0.4, -0.2) is 16.0 Å². The van der Waals surface area contributed by atoms with E-state index in [2.05, 4.69) is 5.32 Å². The number of anilines is 1. The van der Waals surface area contributed by atoms with E-state index < -0.39 is 16.4 Å². The van der Waals surface area contributed by atoms with Crippen LogP contribution in [0.5, 0.6) is 0 Å². The number of hydrogen-bond donors (Lipinski definition) is 2. The summed E-state index contributed by atoms with van der Waals surface area (Å²) in [6.07, 6.45) is 0. The molecule has 0 spiro atoms. The number of carboxylic acid groups (broad SMARTS) is 1. The van der Waals surface area contributed by atoms with Crippen molar-refractivity contribution in [2.24, 2.45) is 0 Å². The van der Waals surface area contributed by atoms with E-state index in [9.17, 15) is 20.0 Å². The first-order chi connectivity index (χ1) is 9.95. The quantitative estimate of drug-likeness (QED) is 0.651. The van der Waals surface area contributed by atoms with Crippen LogP contribution >= 0.6 is 0 Å². The summed E-state index contributed by atoms with van der Waals surface area (Å²) >= 11 is 0. The van der Waals surface area contributed by atoms with Crippen LogP contribution in [0.15, 0.2) is 54.6 Å². The number of nitrogens with one attached hydrogen (secondary N) is 1. The van der Waals surface area contributed by atoms with Gasteiger partial charge in [0, 0.05) is 6.07 Å². The van der Waals surface area contributed by atoms with Crippen molar-refractivity contribution in [3.05, 3.63) is 70.3 Å². The molecular formula is C15H14N2O4. The Labute approximate surface area is 121 Å². The molecule has 1 unspecified atom stereocenters. The summed E-state index contributed by atoms with van der Waals surface area (Å²) in [4.78, 5) is 22.2. The molecule has 21 heavy (non-hydrogen) atoms. The average Bonchev–Trinajstić information content (AvgIpc) is 2.48. The van der Waals surface area contributed by atoms with Crippen LogP contribution in [0.3, 0.4) is 0 Å². The molecular weight excluding hydrogens is 272 g/mol. The van der Waals surface area contributed by atoms with Crippen LogP contribution < -0.4 is 5.32 Å². The lowest BCUT2D eigenvalue weighted by Crippen LogP contribution is -2.40. The third kappa shape index (κ3) is 2.84. The van der Waals surface area contributed by atoms with E-state index in [1.165, 1.54) is 25.1 Å². The van der Waals surface area contributed by atoms with E-state index in [1.807, 2.05) is 0 Å². The minimum atomic E-state index is -1.46. The molecule has 0 saturated heterocycles. The van der Waals surface area contributed by atoms with Gasteiger partial charge in [-0.15, -0.1) is 0 Å². The second kappa shape index (κ2) is 5.62. The number of aliphatic carboxylic acids is 1. The number of carboxylic acids is 1.